The lowest BCUT2D eigenvalue weighted by atomic mass is 10.1. The van der Waals surface area contributed by atoms with Crippen molar-refractivity contribution < 1.29 is 19.4 Å². The average molecular weight is 379 g/mol. The van der Waals surface area contributed by atoms with Gasteiger partial charge in [0.05, 0.1) is 11.5 Å². The summed E-state index contributed by atoms with van der Waals surface area (Å²) in [5.74, 6) is -0.980. The molecule has 1 amide bonds. The van der Waals surface area contributed by atoms with Gasteiger partial charge in [0.2, 0.25) is 0 Å². The SMILES string of the molecule is Cc1c(F)ccc(/C=C2\SC(N3CCC(NCCO)CC3)=NC2=O)c1O. The van der Waals surface area contributed by atoms with Crippen molar-refractivity contribution in [3.05, 3.63) is 34.0 Å². The Kier molecular flexibility index (Phi) is 5.95. The number of piperidine rings is 1. The van der Waals surface area contributed by atoms with Crippen LogP contribution in [0, 0.1) is 12.7 Å². The number of aromatic hydroxyl groups is 1. The zero-order chi connectivity index (χ0) is 18.7. The maximum absolute atomic E-state index is 13.5. The van der Waals surface area contributed by atoms with Gasteiger partial charge in [-0.3, -0.25) is 4.79 Å². The molecule has 1 aromatic carbocycles. The second-order valence-corrected chi connectivity index (χ2v) is 7.37. The first-order valence-electron chi connectivity index (χ1n) is 8.59. The smallest absolute Gasteiger partial charge is 0.286 e. The Morgan fingerprint density at radius 2 is 2.15 bits per heavy atom. The number of benzene rings is 1. The fourth-order valence-electron chi connectivity index (χ4n) is 3.03. The van der Waals surface area contributed by atoms with Gasteiger partial charge >= 0.3 is 0 Å². The van der Waals surface area contributed by atoms with E-state index in [1.807, 2.05) is 0 Å². The Morgan fingerprint density at radius 3 is 2.85 bits per heavy atom. The fourth-order valence-corrected chi connectivity index (χ4v) is 3.99. The molecule has 140 valence electrons. The van der Waals surface area contributed by atoms with Crippen molar-refractivity contribution in [3.8, 4) is 5.75 Å². The molecule has 2 aliphatic heterocycles. The maximum Gasteiger partial charge on any atom is 0.286 e. The Bertz CT molecular complexity index is 758. The zero-order valence-corrected chi connectivity index (χ0v) is 15.4. The van der Waals surface area contributed by atoms with E-state index in [0.29, 0.717) is 28.2 Å². The Balaban J connectivity index is 1.65. The van der Waals surface area contributed by atoms with Crippen LogP contribution in [0.15, 0.2) is 22.0 Å². The number of amidine groups is 1. The average Bonchev–Trinajstić information content (AvgIpc) is 3.01. The number of aliphatic hydroxyl groups excluding tert-OH is 1. The lowest BCUT2D eigenvalue weighted by molar-refractivity contribution is -0.113. The zero-order valence-electron chi connectivity index (χ0n) is 14.5. The van der Waals surface area contributed by atoms with Gasteiger partial charge in [-0.1, -0.05) is 0 Å². The molecule has 1 saturated heterocycles. The number of carbonyl (C=O) groups excluding carboxylic acids is 1. The molecule has 1 aromatic rings. The van der Waals surface area contributed by atoms with Gasteiger partial charge < -0.3 is 20.4 Å². The summed E-state index contributed by atoms with van der Waals surface area (Å²) in [6.07, 6.45) is 3.40. The van der Waals surface area contributed by atoms with Crippen LogP contribution in [0.5, 0.6) is 5.75 Å². The number of nitrogens with one attached hydrogen (secondary N) is 1. The summed E-state index contributed by atoms with van der Waals surface area (Å²) in [7, 11) is 0. The molecule has 3 rings (SSSR count). The summed E-state index contributed by atoms with van der Waals surface area (Å²) < 4.78 is 13.5. The van der Waals surface area contributed by atoms with E-state index >= 15 is 0 Å². The highest BCUT2D eigenvalue weighted by molar-refractivity contribution is 8.18. The number of hydrogen-bond donors (Lipinski definition) is 3. The third-order valence-electron chi connectivity index (χ3n) is 4.60. The van der Waals surface area contributed by atoms with E-state index in [2.05, 4.69) is 15.2 Å². The molecule has 2 aliphatic rings. The minimum atomic E-state index is -0.482. The van der Waals surface area contributed by atoms with Crippen LogP contribution in [0.1, 0.15) is 24.0 Å². The fraction of sp³-hybridized carbons (Fsp3) is 0.444. The van der Waals surface area contributed by atoms with E-state index in [-0.39, 0.29) is 23.8 Å². The topological polar surface area (TPSA) is 85.2 Å². The third-order valence-corrected chi connectivity index (χ3v) is 5.65. The van der Waals surface area contributed by atoms with Crippen molar-refractivity contribution in [2.75, 3.05) is 26.2 Å². The van der Waals surface area contributed by atoms with Crippen molar-refractivity contribution in [2.24, 2.45) is 4.99 Å². The van der Waals surface area contributed by atoms with Gasteiger partial charge in [-0.2, -0.15) is 4.99 Å². The number of phenols is 1. The molecule has 6 nitrogen and oxygen atoms in total. The lowest BCUT2D eigenvalue weighted by Gasteiger charge is -2.33. The summed E-state index contributed by atoms with van der Waals surface area (Å²) in [6, 6.07) is 3.10. The standard InChI is InChI=1S/C18H22FN3O3S/c1-11-14(19)3-2-12(16(11)24)10-15-17(25)21-18(26-15)22-7-4-13(5-8-22)20-6-9-23/h2-3,10,13,20,23-24H,4-9H2,1H3/b15-10-. The predicted molar refractivity (Wildman–Crippen MR) is 100 cm³/mol. The van der Waals surface area contributed by atoms with Gasteiger partial charge in [0.1, 0.15) is 11.6 Å². The molecule has 3 N–H and O–H groups in total. The Labute approximate surface area is 155 Å². The molecule has 0 radical (unpaired) electrons. The molecule has 1 fully saturated rings. The normalized spacial score (nSPS) is 20.1. The van der Waals surface area contributed by atoms with Gasteiger partial charge in [0.25, 0.3) is 5.91 Å². The minimum absolute atomic E-state index is 0.126. The van der Waals surface area contributed by atoms with Gasteiger partial charge in [-0.05, 0) is 49.7 Å². The predicted octanol–water partition coefficient (Wildman–Crippen LogP) is 1.86. The molecule has 0 saturated carbocycles. The van der Waals surface area contributed by atoms with E-state index < -0.39 is 5.82 Å². The van der Waals surface area contributed by atoms with Crippen molar-refractivity contribution in [1.29, 1.82) is 0 Å². The van der Waals surface area contributed by atoms with Crippen molar-refractivity contribution in [1.82, 2.24) is 10.2 Å². The summed E-state index contributed by atoms with van der Waals surface area (Å²) in [5, 5.41) is 22.9. The number of nitrogens with zero attached hydrogens (tertiary/aromatic N) is 2. The number of thioether (sulfide) groups is 1. The number of aliphatic hydroxyl groups is 1. The van der Waals surface area contributed by atoms with Crippen LogP contribution in [0.4, 0.5) is 4.39 Å². The van der Waals surface area contributed by atoms with Crippen LogP contribution in [-0.2, 0) is 4.79 Å². The van der Waals surface area contributed by atoms with Gasteiger partial charge in [0.15, 0.2) is 5.17 Å². The minimum Gasteiger partial charge on any atom is -0.507 e. The Hall–Kier alpha value is -1.90. The van der Waals surface area contributed by atoms with Crippen molar-refractivity contribution in [2.45, 2.75) is 25.8 Å². The van der Waals surface area contributed by atoms with Crippen LogP contribution < -0.4 is 5.32 Å². The van der Waals surface area contributed by atoms with Crippen LogP contribution in [0.2, 0.25) is 0 Å². The number of carbonyl (C=O) groups is 1. The van der Waals surface area contributed by atoms with Crippen molar-refractivity contribution >= 4 is 28.9 Å². The summed E-state index contributed by atoms with van der Waals surface area (Å²) in [4.78, 5) is 18.8. The van der Waals surface area contributed by atoms with Crippen LogP contribution in [0.25, 0.3) is 6.08 Å². The molecular formula is C18H22FN3O3S. The molecule has 26 heavy (non-hydrogen) atoms. The molecular weight excluding hydrogens is 357 g/mol. The second kappa shape index (κ2) is 8.20. The number of phenolic OH excluding ortho intramolecular Hbond substituents is 1. The molecule has 0 bridgehead atoms. The van der Waals surface area contributed by atoms with Gasteiger partial charge in [0, 0.05) is 36.8 Å². The summed E-state index contributed by atoms with van der Waals surface area (Å²) in [6.45, 7) is 3.79. The van der Waals surface area contributed by atoms with E-state index in [4.69, 9.17) is 5.11 Å². The Morgan fingerprint density at radius 1 is 1.42 bits per heavy atom. The number of hydrogen-bond acceptors (Lipinski definition) is 6. The molecule has 0 unspecified atom stereocenters. The molecule has 0 atom stereocenters. The van der Waals surface area contributed by atoms with E-state index in [9.17, 15) is 14.3 Å². The first-order valence-corrected chi connectivity index (χ1v) is 9.41. The van der Waals surface area contributed by atoms with Crippen LogP contribution >= 0.6 is 11.8 Å². The van der Waals surface area contributed by atoms with E-state index in [0.717, 1.165) is 25.9 Å². The number of halogens is 1. The summed E-state index contributed by atoms with van der Waals surface area (Å²) in [5.41, 5.74) is 0.566. The quantitative estimate of drug-likeness (QED) is 0.693. The summed E-state index contributed by atoms with van der Waals surface area (Å²) >= 11 is 1.28. The number of likely N-dealkylation sites (tertiary alicyclic amines) is 1. The van der Waals surface area contributed by atoms with E-state index in [1.165, 1.54) is 30.8 Å². The first kappa shape index (κ1) is 18.9. The lowest BCUT2D eigenvalue weighted by Crippen LogP contribution is -2.44. The molecule has 0 aromatic heterocycles. The van der Waals surface area contributed by atoms with Gasteiger partial charge in [-0.25, -0.2) is 4.39 Å². The monoisotopic (exact) mass is 379 g/mol. The van der Waals surface area contributed by atoms with Crippen LogP contribution in [-0.4, -0.2) is 58.5 Å². The first-order chi connectivity index (χ1) is 12.5. The molecule has 2 heterocycles. The molecule has 8 heteroatoms. The van der Waals surface area contributed by atoms with Crippen LogP contribution in [0.3, 0.4) is 0 Å². The molecule has 0 spiro atoms. The highest BCUT2D eigenvalue weighted by atomic mass is 32.2. The van der Waals surface area contributed by atoms with Crippen molar-refractivity contribution in [3.63, 3.8) is 0 Å². The third kappa shape index (κ3) is 4.08. The second-order valence-electron chi connectivity index (χ2n) is 6.36. The maximum atomic E-state index is 13.5. The van der Waals surface area contributed by atoms with Gasteiger partial charge in [-0.15, -0.1) is 0 Å². The highest BCUT2D eigenvalue weighted by Gasteiger charge is 2.29. The number of rotatable bonds is 4. The number of amides is 1. The largest absolute Gasteiger partial charge is 0.507 e. The highest BCUT2D eigenvalue weighted by Crippen LogP contribution is 2.34. The molecule has 0 aliphatic carbocycles. The number of aliphatic imine (C=N–C) groups is 1. The van der Waals surface area contributed by atoms with E-state index in [1.54, 1.807) is 6.08 Å².